The summed E-state index contributed by atoms with van der Waals surface area (Å²) in [5, 5.41) is 15.9. The molecule has 0 saturated heterocycles. The predicted octanol–water partition coefficient (Wildman–Crippen LogP) is 4.92. The van der Waals surface area contributed by atoms with E-state index in [9.17, 15) is 4.79 Å². The second-order valence-corrected chi connectivity index (χ2v) is 8.86. The molecule has 0 aliphatic heterocycles. The van der Waals surface area contributed by atoms with Gasteiger partial charge < -0.3 is 20.5 Å². The minimum atomic E-state index is -0.638. The summed E-state index contributed by atoms with van der Waals surface area (Å²) in [5.74, 6) is 1.20. The number of aromatic nitrogens is 2. The fourth-order valence-electron chi connectivity index (χ4n) is 4.36. The fourth-order valence-corrected chi connectivity index (χ4v) is 4.36. The van der Waals surface area contributed by atoms with Gasteiger partial charge in [-0.1, -0.05) is 24.3 Å². The highest BCUT2D eigenvalue weighted by molar-refractivity contribution is 5.70. The van der Waals surface area contributed by atoms with Gasteiger partial charge in [-0.3, -0.25) is 4.79 Å². The lowest BCUT2D eigenvalue weighted by Gasteiger charge is -2.26. The van der Waals surface area contributed by atoms with E-state index in [1.807, 2.05) is 48.8 Å². The molecule has 0 bridgehead atoms. The topological polar surface area (TPSA) is 96.4 Å². The van der Waals surface area contributed by atoms with Crippen LogP contribution in [0, 0.1) is 11.8 Å². The average Bonchev–Trinajstić information content (AvgIpc) is 2.88. The van der Waals surface area contributed by atoms with Crippen LogP contribution in [-0.2, 0) is 11.2 Å². The van der Waals surface area contributed by atoms with Crippen LogP contribution < -0.4 is 15.4 Å². The zero-order valence-electron chi connectivity index (χ0n) is 19.5. The Balaban J connectivity index is 1.19. The van der Waals surface area contributed by atoms with Crippen LogP contribution in [-0.4, -0.2) is 41.2 Å². The van der Waals surface area contributed by atoms with Crippen LogP contribution in [0.15, 0.2) is 60.9 Å². The standard InChI is InChI=1S/C27H32N4O3/c1-34-25-12-8-21(9-13-25)23-17-29-27(30-18-23)31-24-10-4-19(5-11-24)14-15-28-16-20-2-6-22(7-3-20)26(32)33/h4-5,8-13,17-18,20,22,28H,2-3,6-7,14-16H2,1H3,(H,32,33)(H,29,30,31). The van der Waals surface area contributed by atoms with Crippen molar-refractivity contribution in [3.63, 3.8) is 0 Å². The first-order chi connectivity index (χ1) is 16.6. The summed E-state index contributed by atoms with van der Waals surface area (Å²) in [5.41, 5.74) is 4.21. The highest BCUT2D eigenvalue weighted by Crippen LogP contribution is 2.28. The first-order valence-electron chi connectivity index (χ1n) is 11.9. The summed E-state index contributed by atoms with van der Waals surface area (Å²) in [6.45, 7) is 1.89. The van der Waals surface area contributed by atoms with Crippen molar-refractivity contribution in [2.45, 2.75) is 32.1 Å². The van der Waals surface area contributed by atoms with Crippen LogP contribution >= 0.6 is 0 Å². The van der Waals surface area contributed by atoms with Gasteiger partial charge in [-0.05, 0) is 86.5 Å². The molecule has 3 aromatic rings. The van der Waals surface area contributed by atoms with E-state index in [0.717, 1.165) is 67.8 Å². The quantitative estimate of drug-likeness (QED) is 0.370. The molecule has 0 unspecified atom stereocenters. The Morgan fingerprint density at radius 3 is 2.26 bits per heavy atom. The molecular weight excluding hydrogens is 428 g/mol. The maximum Gasteiger partial charge on any atom is 0.306 e. The van der Waals surface area contributed by atoms with Crippen molar-refractivity contribution in [3.8, 4) is 16.9 Å². The minimum Gasteiger partial charge on any atom is -0.497 e. The summed E-state index contributed by atoms with van der Waals surface area (Å²) in [4.78, 5) is 19.9. The molecule has 0 spiro atoms. The second kappa shape index (κ2) is 11.6. The number of rotatable bonds is 10. The number of ether oxygens (including phenoxy) is 1. The molecule has 7 nitrogen and oxygen atoms in total. The van der Waals surface area contributed by atoms with E-state index in [4.69, 9.17) is 9.84 Å². The lowest BCUT2D eigenvalue weighted by Crippen LogP contribution is -2.29. The van der Waals surface area contributed by atoms with E-state index < -0.39 is 5.97 Å². The maximum atomic E-state index is 11.1. The lowest BCUT2D eigenvalue weighted by molar-refractivity contribution is -0.143. The molecule has 178 valence electrons. The van der Waals surface area contributed by atoms with Gasteiger partial charge in [0.25, 0.3) is 0 Å². The Hall–Kier alpha value is -3.45. The molecule has 1 fully saturated rings. The third-order valence-corrected chi connectivity index (χ3v) is 6.50. The van der Waals surface area contributed by atoms with Gasteiger partial charge in [0.2, 0.25) is 5.95 Å². The molecule has 2 aromatic carbocycles. The molecule has 1 saturated carbocycles. The maximum absolute atomic E-state index is 11.1. The Morgan fingerprint density at radius 1 is 0.971 bits per heavy atom. The van der Waals surface area contributed by atoms with E-state index in [2.05, 4.69) is 32.7 Å². The number of carboxylic acids is 1. The van der Waals surface area contributed by atoms with E-state index in [-0.39, 0.29) is 5.92 Å². The van der Waals surface area contributed by atoms with Crippen LogP contribution in [0.4, 0.5) is 11.6 Å². The van der Waals surface area contributed by atoms with Gasteiger partial charge >= 0.3 is 5.97 Å². The van der Waals surface area contributed by atoms with Crippen molar-refractivity contribution in [2.24, 2.45) is 11.8 Å². The molecule has 0 amide bonds. The van der Waals surface area contributed by atoms with Gasteiger partial charge in [-0.2, -0.15) is 0 Å². The number of hydrogen-bond acceptors (Lipinski definition) is 6. The number of anilines is 2. The van der Waals surface area contributed by atoms with Crippen molar-refractivity contribution in [1.82, 2.24) is 15.3 Å². The van der Waals surface area contributed by atoms with Crippen molar-refractivity contribution >= 4 is 17.6 Å². The van der Waals surface area contributed by atoms with E-state index in [1.165, 1.54) is 5.56 Å². The number of nitrogens with zero attached hydrogens (tertiary/aromatic N) is 2. The smallest absolute Gasteiger partial charge is 0.306 e. The van der Waals surface area contributed by atoms with Crippen molar-refractivity contribution in [1.29, 1.82) is 0 Å². The number of methoxy groups -OCH3 is 1. The zero-order valence-corrected chi connectivity index (χ0v) is 19.5. The molecule has 0 radical (unpaired) electrons. The summed E-state index contributed by atoms with van der Waals surface area (Å²) in [7, 11) is 1.65. The number of benzene rings is 2. The fraction of sp³-hybridized carbons (Fsp3) is 0.370. The highest BCUT2D eigenvalue weighted by Gasteiger charge is 2.25. The van der Waals surface area contributed by atoms with E-state index in [1.54, 1.807) is 7.11 Å². The van der Waals surface area contributed by atoms with Crippen molar-refractivity contribution in [2.75, 3.05) is 25.5 Å². The Bertz CT molecular complexity index is 1040. The van der Waals surface area contributed by atoms with Gasteiger partial charge in [0, 0.05) is 23.6 Å². The van der Waals surface area contributed by atoms with Gasteiger partial charge in [0.05, 0.1) is 13.0 Å². The Morgan fingerprint density at radius 2 is 1.65 bits per heavy atom. The van der Waals surface area contributed by atoms with Crippen LogP contribution in [0.25, 0.3) is 11.1 Å². The molecule has 4 rings (SSSR count). The molecule has 1 aliphatic rings. The molecule has 0 atom stereocenters. The summed E-state index contributed by atoms with van der Waals surface area (Å²) >= 11 is 0. The highest BCUT2D eigenvalue weighted by atomic mass is 16.5. The van der Waals surface area contributed by atoms with Crippen LogP contribution in [0.2, 0.25) is 0 Å². The van der Waals surface area contributed by atoms with Crippen molar-refractivity contribution < 1.29 is 14.6 Å². The molecular formula is C27H32N4O3. The number of aliphatic carboxylic acids is 1. The minimum absolute atomic E-state index is 0.139. The number of carbonyl (C=O) groups is 1. The number of nitrogens with one attached hydrogen (secondary N) is 2. The van der Waals surface area contributed by atoms with Gasteiger partial charge in [0.1, 0.15) is 5.75 Å². The molecule has 1 aliphatic carbocycles. The average molecular weight is 461 g/mol. The monoisotopic (exact) mass is 460 g/mol. The first kappa shape index (κ1) is 23.7. The van der Waals surface area contributed by atoms with Gasteiger partial charge in [-0.15, -0.1) is 0 Å². The third-order valence-electron chi connectivity index (χ3n) is 6.50. The summed E-state index contributed by atoms with van der Waals surface area (Å²) < 4.78 is 5.20. The normalized spacial score (nSPS) is 17.8. The molecule has 7 heteroatoms. The van der Waals surface area contributed by atoms with Crippen molar-refractivity contribution in [3.05, 3.63) is 66.5 Å². The third kappa shape index (κ3) is 6.54. The largest absolute Gasteiger partial charge is 0.497 e. The molecule has 34 heavy (non-hydrogen) atoms. The number of hydrogen-bond donors (Lipinski definition) is 3. The SMILES string of the molecule is COc1ccc(-c2cnc(Nc3ccc(CCNCC4CCC(C(=O)O)CC4)cc3)nc2)cc1. The zero-order chi connectivity index (χ0) is 23.8. The molecule has 1 heterocycles. The van der Waals surface area contributed by atoms with E-state index in [0.29, 0.717) is 11.9 Å². The summed E-state index contributed by atoms with van der Waals surface area (Å²) in [6.07, 6.45) is 8.21. The van der Waals surface area contributed by atoms with Crippen LogP contribution in [0.1, 0.15) is 31.2 Å². The first-order valence-corrected chi connectivity index (χ1v) is 11.9. The van der Waals surface area contributed by atoms with Crippen LogP contribution in [0.3, 0.4) is 0 Å². The van der Waals surface area contributed by atoms with Gasteiger partial charge in [0.15, 0.2) is 0 Å². The Labute approximate surface area is 200 Å². The number of carboxylic acid groups (broad SMARTS) is 1. The van der Waals surface area contributed by atoms with Crippen LogP contribution in [0.5, 0.6) is 5.75 Å². The second-order valence-electron chi connectivity index (χ2n) is 8.86. The Kier molecular flexibility index (Phi) is 8.09. The molecule has 3 N–H and O–H groups in total. The molecule has 1 aromatic heterocycles. The predicted molar refractivity (Wildman–Crippen MR) is 133 cm³/mol. The lowest BCUT2D eigenvalue weighted by atomic mass is 9.82. The van der Waals surface area contributed by atoms with Gasteiger partial charge in [-0.25, -0.2) is 9.97 Å². The van der Waals surface area contributed by atoms with E-state index >= 15 is 0 Å². The summed E-state index contributed by atoms with van der Waals surface area (Å²) in [6, 6.07) is 16.1.